The van der Waals surface area contributed by atoms with Crippen LogP contribution in [0.25, 0.3) is 0 Å². The van der Waals surface area contributed by atoms with Crippen molar-refractivity contribution in [3.05, 3.63) is 0 Å². The van der Waals surface area contributed by atoms with Crippen LogP contribution in [-0.4, -0.2) is 36.2 Å². The summed E-state index contributed by atoms with van der Waals surface area (Å²) in [7, 11) is 4.31. The Morgan fingerprint density at radius 3 is 1.20 bits per heavy atom. The summed E-state index contributed by atoms with van der Waals surface area (Å²) in [5.41, 5.74) is 0. The number of nitrogens with zero attached hydrogens (tertiary/aromatic N) is 2. The lowest BCUT2D eigenvalue weighted by molar-refractivity contribution is 0.0357. The van der Waals surface area contributed by atoms with Gasteiger partial charge in [-0.2, -0.15) is 0 Å². The molecule has 2 unspecified atom stereocenters. The summed E-state index contributed by atoms with van der Waals surface area (Å²) < 4.78 is 0. The Hall–Kier alpha value is -0.0800. The summed E-state index contributed by atoms with van der Waals surface area (Å²) in [5, 5.41) is 4.63. The molecule has 0 radical (unpaired) electrons. The maximum atomic E-state index is 2.31. The number of hydrogen-bond donors (Lipinski definition) is 0. The first-order valence-corrected chi connectivity index (χ1v) is 4.01. The van der Waals surface area contributed by atoms with Crippen molar-refractivity contribution in [2.24, 2.45) is 5.92 Å². The molecule has 2 atom stereocenters. The summed E-state index contributed by atoms with van der Waals surface area (Å²) >= 11 is 0. The van der Waals surface area contributed by atoms with E-state index in [0.29, 0.717) is 12.1 Å². The fourth-order valence-corrected chi connectivity index (χ4v) is 1.66. The molecule has 1 fully saturated rings. The predicted molar refractivity (Wildman–Crippen MR) is 43.6 cm³/mol. The quantitative estimate of drug-likeness (QED) is 0.501. The molecule has 0 bridgehead atoms. The highest BCUT2D eigenvalue weighted by Gasteiger charge is 2.35. The minimum atomic E-state index is 0.694. The first-order valence-electron chi connectivity index (χ1n) is 4.01. The zero-order chi connectivity index (χ0) is 7.89. The Bertz CT molecular complexity index is 79.6. The van der Waals surface area contributed by atoms with Gasteiger partial charge in [0.1, 0.15) is 0 Å². The van der Waals surface area contributed by atoms with Crippen molar-refractivity contribution in [2.75, 3.05) is 14.1 Å². The summed E-state index contributed by atoms with van der Waals surface area (Å²) in [6.45, 7) is 6.88. The van der Waals surface area contributed by atoms with Crippen LogP contribution in [-0.2, 0) is 0 Å². The smallest absolute Gasteiger partial charge is 0.0255 e. The van der Waals surface area contributed by atoms with Gasteiger partial charge in [0.15, 0.2) is 0 Å². The van der Waals surface area contributed by atoms with E-state index >= 15 is 0 Å². The molecule has 0 aromatic carbocycles. The van der Waals surface area contributed by atoms with Crippen molar-refractivity contribution in [2.45, 2.75) is 32.9 Å². The van der Waals surface area contributed by atoms with Gasteiger partial charge in [-0.3, -0.25) is 0 Å². The van der Waals surface area contributed by atoms with Gasteiger partial charge in [-0.1, -0.05) is 6.92 Å². The Kier molecular flexibility index (Phi) is 2.02. The van der Waals surface area contributed by atoms with Gasteiger partial charge in [-0.25, -0.2) is 10.0 Å². The highest BCUT2D eigenvalue weighted by atomic mass is 15.6. The molecule has 60 valence electrons. The summed E-state index contributed by atoms with van der Waals surface area (Å²) in [5.74, 6) is 0.787. The summed E-state index contributed by atoms with van der Waals surface area (Å²) in [6, 6.07) is 1.39. The molecule has 1 aliphatic rings. The predicted octanol–water partition coefficient (Wildman–Crippen LogP) is 1.19. The largest absolute Gasteiger partial charge is 0.242 e. The third kappa shape index (κ3) is 0.956. The minimum Gasteiger partial charge on any atom is -0.242 e. The fraction of sp³-hybridized carbons (Fsp3) is 1.00. The molecule has 0 spiro atoms. The van der Waals surface area contributed by atoms with E-state index in [0.717, 1.165) is 5.92 Å². The van der Waals surface area contributed by atoms with Crippen molar-refractivity contribution in [1.29, 1.82) is 0 Å². The van der Waals surface area contributed by atoms with Gasteiger partial charge in [-0.15, -0.1) is 0 Å². The van der Waals surface area contributed by atoms with Crippen LogP contribution >= 0.6 is 0 Å². The molecule has 0 aliphatic carbocycles. The maximum absolute atomic E-state index is 2.31. The van der Waals surface area contributed by atoms with Crippen molar-refractivity contribution in [3.8, 4) is 0 Å². The van der Waals surface area contributed by atoms with Gasteiger partial charge < -0.3 is 0 Å². The monoisotopic (exact) mass is 142 g/mol. The van der Waals surface area contributed by atoms with Crippen molar-refractivity contribution >= 4 is 0 Å². The van der Waals surface area contributed by atoms with Gasteiger partial charge in [0.05, 0.1) is 0 Å². The summed E-state index contributed by atoms with van der Waals surface area (Å²) in [4.78, 5) is 0. The molecule has 10 heavy (non-hydrogen) atoms. The number of rotatable bonds is 0. The van der Waals surface area contributed by atoms with Crippen LogP contribution in [0, 0.1) is 5.92 Å². The first kappa shape index (κ1) is 8.02. The number of hydrogen-bond acceptors (Lipinski definition) is 2. The molecule has 0 saturated carbocycles. The lowest BCUT2D eigenvalue weighted by Crippen LogP contribution is -2.35. The first-order chi connectivity index (χ1) is 4.55. The van der Waals surface area contributed by atoms with Gasteiger partial charge in [0.25, 0.3) is 0 Å². The molecule has 0 aromatic rings. The molecule has 2 heteroatoms. The molecule has 0 amide bonds. The maximum Gasteiger partial charge on any atom is 0.0255 e. The third-order valence-corrected chi connectivity index (χ3v) is 3.20. The summed E-state index contributed by atoms with van der Waals surface area (Å²) in [6.07, 6.45) is 0. The zero-order valence-electron chi connectivity index (χ0n) is 7.63. The Morgan fingerprint density at radius 1 is 0.800 bits per heavy atom. The van der Waals surface area contributed by atoms with Crippen LogP contribution in [0.1, 0.15) is 20.8 Å². The van der Waals surface area contributed by atoms with Crippen molar-refractivity contribution in [1.82, 2.24) is 10.0 Å². The van der Waals surface area contributed by atoms with Crippen molar-refractivity contribution < 1.29 is 0 Å². The van der Waals surface area contributed by atoms with Crippen LogP contribution in [0.5, 0.6) is 0 Å². The average Bonchev–Trinajstić information content (AvgIpc) is 2.07. The fourth-order valence-electron chi connectivity index (χ4n) is 1.66. The van der Waals surface area contributed by atoms with Crippen LogP contribution in [0.3, 0.4) is 0 Å². The Labute approximate surface area is 63.8 Å². The van der Waals surface area contributed by atoms with E-state index < -0.39 is 0 Å². The van der Waals surface area contributed by atoms with Crippen LogP contribution < -0.4 is 0 Å². The molecule has 0 aromatic heterocycles. The highest BCUT2D eigenvalue weighted by Crippen LogP contribution is 2.26. The molecule has 1 aliphatic heterocycles. The molecular formula is C8H18N2. The van der Waals surface area contributed by atoms with E-state index in [1.54, 1.807) is 0 Å². The lowest BCUT2D eigenvalue weighted by Gasteiger charge is -2.24. The molecule has 0 N–H and O–H groups in total. The third-order valence-electron chi connectivity index (χ3n) is 3.20. The lowest BCUT2D eigenvalue weighted by atomic mass is 9.99. The molecule has 1 heterocycles. The van der Waals surface area contributed by atoms with Crippen LogP contribution in [0.15, 0.2) is 0 Å². The molecular weight excluding hydrogens is 124 g/mol. The Balaban J connectivity index is 2.68. The van der Waals surface area contributed by atoms with Gasteiger partial charge in [0.2, 0.25) is 0 Å². The zero-order valence-corrected chi connectivity index (χ0v) is 7.63. The second-order valence-corrected chi connectivity index (χ2v) is 3.49. The SMILES string of the molecule is CC1C(C)N(C)N(C)C1C. The van der Waals surface area contributed by atoms with Gasteiger partial charge in [0, 0.05) is 26.2 Å². The van der Waals surface area contributed by atoms with Crippen LogP contribution in [0.4, 0.5) is 0 Å². The van der Waals surface area contributed by atoms with E-state index in [2.05, 4.69) is 44.9 Å². The van der Waals surface area contributed by atoms with Crippen LogP contribution in [0.2, 0.25) is 0 Å². The van der Waals surface area contributed by atoms with E-state index in [1.165, 1.54) is 0 Å². The minimum absolute atomic E-state index is 0.694. The van der Waals surface area contributed by atoms with E-state index in [9.17, 15) is 0 Å². The topological polar surface area (TPSA) is 6.48 Å². The van der Waals surface area contributed by atoms with E-state index in [1.807, 2.05) is 0 Å². The van der Waals surface area contributed by atoms with Crippen molar-refractivity contribution in [3.63, 3.8) is 0 Å². The van der Waals surface area contributed by atoms with E-state index in [4.69, 9.17) is 0 Å². The second-order valence-electron chi connectivity index (χ2n) is 3.49. The standard InChI is InChI=1S/C8H18N2/c1-6-7(2)9(4)10(5)8(6)3/h6-8H,1-5H3. The Morgan fingerprint density at radius 2 is 1.10 bits per heavy atom. The number of hydrazine groups is 1. The highest BCUT2D eigenvalue weighted by molar-refractivity contribution is 4.84. The second kappa shape index (κ2) is 2.51. The van der Waals surface area contributed by atoms with Gasteiger partial charge >= 0.3 is 0 Å². The molecule has 1 rings (SSSR count). The average molecular weight is 142 g/mol. The molecule has 2 nitrogen and oxygen atoms in total. The normalized spacial score (nSPS) is 44.7. The molecule has 1 saturated heterocycles. The van der Waals surface area contributed by atoms with E-state index in [-0.39, 0.29) is 0 Å². The van der Waals surface area contributed by atoms with Gasteiger partial charge in [-0.05, 0) is 19.8 Å².